The van der Waals surface area contributed by atoms with E-state index in [1.165, 1.54) is 83.5 Å². The van der Waals surface area contributed by atoms with Gasteiger partial charge in [-0.2, -0.15) is 8.42 Å². The smallest absolute Gasteiger partial charge is 0.339 e. The van der Waals surface area contributed by atoms with Crippen molar-refractivity contribution in [3.8, 4) is 0 Å². The molecule has 0 bridgehead atoms. The standard InChI is InChI=1S/C25H43NO5S/c1-3-4-5-6-7-8-9-10-11-12-13-14-15-16-21-26-24-19-17-23(18-20-24)25(27)31-22(2)32(28,29)30/h17-20,22,26H,3-16,21H2,1-2H3,(H,28,29,30). The minimum absolute atomic E-state index is 0.238. The second kappa shape index (κ2) is 17.0. The zero-order valence-electron chi connectivity index (χ0n) is 20.0. The van der Waals surface area contributed by atoms with Crippen LogP contribution in [0.4, 0.5) is 5.69 Å². The van der Waals surface area contributed by atoms with Gasteiger partial charge in [0.2, 0.25) is 5.44 Å². The average Bonchev–Trinajstić information content (AvgIpc) is 2.76. The van der Waals surface area contributed by atoms with E-state index < -0.39 is 21.5 Å². The lowest BCUT2D eigenvalue weighted by Gasteiger charge is -2.11. The zero-order chi connectivity index (χ0) is 23.7. The van der Waals surface area contributed by atoms with Gasteiger partial charge in [0.1, 0.15) is 0 Å². The molecule has 184 valence electrons. The highest BCUT2D eigenvalue weighted by Gasteiger charge is 2.22. The number of esters is 1. The molecule has 0 aromatic heterocycles. The molecule has 0 aliphatic rings. The number of rotatable bonds is 19. The molecule has 0 amide bonds. The average molecular weight is 470 g/mol. The lowest BCUT2D eigenvalue weighted by atomic mass is 10.0. The molecule has 7 heteroatoms. The summed E-state index contributed by atoms with van der Waals surface area (Å²) in [7, 11) is -4.40. The van der Waals surface area contributed by atoms with E-state index in [0.29, 0.717) is 0 Å². The highest BCUT2D eigenvalue weighted by Crippen LogP contribution is 2.15. The van der Waals surface area contributed by atoms with Crippen LogP contribution in [0.3, 0.4) is 0 Å². The van der Waals surface area contributed by atoms with Crippen LogP contribution in [0.2, 0.25) is 0 Å². The second-order valence-corrected chi connectivity index (χ2v) is 10.3. The summed E-state index contributed by atoms with van der Waals surface area (Å²) in [6.45, 7) is 4.25. The molecule has 0 fully saturated rings. The van der Waals surface area contributed by atoms with Crippen LogP contribution in [0.1, 0.15) is 114 Å². The fourth-order valence-corrected chi connectivity index (χ4v) is 3.77. The number of ether oxygens (including phenoxy) is 1. The van der Waals surface area contributed by atoms with Crippen molar-refractivity contribution in [1.82, 2.24) is 0 Å². The Balaban J connectivity index is 2.02. The van der Waals surface area contributed by atoms with Crippen molar-refractivity contribution in [2.24, 2.45) is 0 Å². The molecule has 0 spiro atoms. The van der Waals surface area contributed by atoms with E-state index in [1.807, 2.05) is 0 Å². The fourth-order valence-electron chi connectivity index (χ4n) is 3.56. The summed E-state index contributed by atoms with van der Waals surface area (Å²) in [5.74, 6) is -0.784. The van der Waals surface area contributed by atoms with E-state index in [2.05, 4.69) is 12.2 Å². The van der Waals surface area contributed by atoms with Gasteiger partial charge in [0, 0.05) is 12.2 Å². The maximum Gasteiger partial charge on any atom is 0.339 e. The summed E-state index contributed by atoms with van der Waals surface area (Å²) in [6.07, 6.45) is 18.7. The minimum Gasteiger partial charge on any atom is -0.440 e. The predicted molar refractivity (Wildman–Crippen MR) is 132 cm³/mol. The van der Waals surface area contributed by atoms with E-state index in [-0.39, 0.29) is 5.56 Å². The molecule has 32 heavy (non-hydrogen) atoms. The Bertz CT molecular complexity index is 718. The molecule has 1 atom stereocenters. The lowest BCUT2D eigenvalue weighted by Crippen LogP contribution is -2.23. The number of unbranched alkanes of at least 4 members (excludes halogenated alkanes) is 13. The van der Waals surface area contributed by atoms with E-state index in [9.17, 15) is 13.2 Å². The quantitative estimate of drug-likeness (QED) is 0.129. The second-order valence-electron chi connectivity index (χ2n) is 8.59. The molecule has 0 aliphatic carbocycles. The van der Waals surface area contributed by atoms with Crippen LogP contribution in [0, 0.1) is 0 Å². The number of hydrogen-bond acceptors (Lipinski definition) is 5. The normalized spacial score (nSPS) is 12.5. The summed E-state index contributed by atoms with van der Waals surface area (Å²) in [6, 6.07) is 6.68. The maximum absolute atomic E-state index is 11.9. The van der Waals surface area contributed by atoms with Crippen LogP contribution < -0.4 is 5.32 Å². The molecule has 2 N–H and O–H groups in total. The van der Waals surface area contributed by atoms with Gasteiger partial charge >= 0.3 is 16.1 Å². The molecule has 0 aliphatic heterocycles. The predicted octanol–water partition coefficient (Wildman–Crippen LogP) is 6.97. The first kappa shape index (κ1) is 28.4. The van der Waals surface area contributed by atoms with Crippen molar-refractivity contribution in [2.75, 3.05) is 11.9 Å². The number of nitrogens with one attached hydrogen (secondary N) is 1. The number of carbonyl (C=O) groups is 1. The summed E-state index contributed by atoms with van der Waals surface area (Å²) in [5, 5.41) is 3.33. The van der Waals surface area contributed by atoms with Crippen molar-refractivity contribution < 1.29 is 22.5 Å². The van der Waals surface area contributed by atoms with Gasteiger partial charge in [-0.25, -0.2) is 4.79 Å². The highest BCUT2D eigenvalue weighted by molar-refractivity contribution is 7.86. The molecule has 0 radical (unpaired) electrons. The number of hydrogen-bond donors (Lipinski definition) is 2. The van der Waals surface area contributed by atoms with Crippen LogP contribution in [-0.2, 0) is 14.9 Å². The first-order valence-corrected chi connectivity index (χ1v) is 13.9. The van der Waals surface area contributed by atoms with Crippen molar-refractivity contribution in [3.05, 3.63) is 29.8 Å². The summed E-state index contributed by atoms with van der Waals surface area (Å²) >= 11 is 0. The Morgan fingerprint density at radius 1 is 0.844 bits per heavy atom. The number of carbonyl (C=O) groups excluding carboxylic acids is 1. The molecule has 1 aromatic carbocycles. The van der Waals surface area contributed by atoms with Crippen LogP contribution in [0.5, 0.6) is 0 Å². The summed E-state index contributed by atoms with van der Waals surface area (Å²) in [4.78, 5) is 11.9. The van der Waals surface area contributed by atoms with Gasteiger partial charge in [-0.1, -0.05) is 90.4 Å². The van der Waals surface area contributed by atoms with Crippen LogP contribution in [0.15, 0.2) is 24.3 Å². The zero-order valence-corrected chi connectivity index (χ0v) is 20.8. The first-order chi connectivity index (χ1) is 15.3. The van der Waals surface area contributed by atoms with E-state index >= 15 is 0 Å². The van der Waals surface area contributed by atoms with Gasteiger partial charge < -0.3 is 10.1 Å². The third-order valence-corrected chi connectivity index (χ3v) is 6.61. The molecule has 0 saturated carbocycles. The third kappa shape index (κ3) is 13.7. The molecule has 0 saturated heterocycles. The molecule has 1 aromatic rings. The molecule has 1 unspecified atom stereocenters. The summed E-state index contributed by atoms with van der Waals surface area (Å²) in [5.41, 5.74) is -0.449. The van der Waals surface area contributed by atoms with Gasteiger partial charge in [0.05, 0.1) is 5.56 Å². The Labute approximate surface area is 195 Å². The molecule has 0 heterocycles. The largest absolute Gasteiger partial charge is 0.440 e. The minimum atomic E-state index is -4.40. The van der Waals surface area contributed by atoms with Gasteiger partial charge in [-0.3, -0.25) is 4.55 Å². The Kier molecular flexibility index (Phi) is 15.1. The molecule has 1 rings (SSSR count). The van der Waals surface area contributed by atoms with Crippen molar-refractivity contribution >= 4 is 21.8 Å². The van der Waals surface area contributed by atoms with Crippen molar-refractivity contribution in [3.63, 3.8) is 0 Å². The molecular weight excluding hydrogens is 426 g/mol. The Morgan fingerprint density at radius 3 is 1.72 bits per heavy atom. The van der Waals surface area contributed by atoms with Gasteiger partial charge in [0.25, 0.3) is 0 Å². The van der Waals surface area contributed by atoms with E-state index in [1.54, 1.807) is 24.3 Å². The Morgan fingerprint density at radius 2 is 1.28 bits per heavy atom. The van der Waals surface area contributed by atoms with E-state index in [0.717, 1.165) is 25.6 Å². The summed E-state index contributed by atoms with van der Waals surface area (Å²) < 4.78 is 35.5. The fraction of sp³-hybridized carbons (Fsp3) is 0.720. The Hall–Kier alpha value is -1.60. The van der Waals surface area contributed by atoms with Crippen LogP contribution in [0.25, 0.3) is 0 Å². The van der Waals surface area contributed by atoms with Gasteiger partial charge in [0.15, 0.2) is 0 Å². The third-order valence-electron chi connectivity index (χ3n) is 5.67. The molecular formula is C25H43NO5S. The topological polar surface area (TPSA) is 92.7 Å². The molecule has 6 nitrogen and oxygen atoms in total. The highest BCUT2D eigenvalue weighted by atomic mass is 32.2. The first-order valence-electron chi connectivity index (χ1n) is 12.4. The van der Waals surface area contributed by atoms with Crippen LogP contribution >= 0.6 is 0 Å². The van der Waals surface area contributed by atoms with Crippen molar-refractivity contribution in [2.45, 2.75) is 109 Å². The maximum atomic E-state index is 11.9. The van der Waals surface area contributed by atoms with Gasteiger partial charge in [-0.05, 0) is 37.6 Å². The monoisotopic (exact) mass is 469 g/mol. The lowest BCUT2D eigenvalue weighted by molar-refractivity contribution is 0.0455. The SMILES string of the molecule is CCCCCCCCCCCCCCCCNc1ccc(C(=O)OC(C)S(=O)(=O)O)cc1. The van der Waals surface area contributed by atoms with Crippen molar-refractivity contribution in [1.29, 1.82) is 0 Å². The number of benzene rings is 1. The van der Waals surface area contributed by atoms with Gasteiger partial charge in [-0.15, -0.1) is 0 Å². The van der Waals surface area contributed by atoms with E-state index in [4.69, 9.17) is 9.29 Å². The van der Waals surface area contributed by atoms with Crippen LogP contribution in [-0.4, -0.2) is 30.9 Å². The number of anilines is 1.